The molecule has 3 rings (SSSR count). The van der Waals surface area contributed by atoms with Gasteiger partial charge in [0, 0.05) is 18.5 Å². The van der Waals surface area contributed by atoms with Crippen LogP contribution in [-0.4, -0.2) is 47.7 Å². The van der Waals surface area contributed by atoms with E-state index in [0.717, 1.165) is 38.9 Å². The monoisotopic (exact) mass is 364 g/mol. The molecule has 7 nitrogen and oxygen atoms in total. The van der Waals surface area contributed by atoms with Gasteiger partial charge < -0.3 is 14.6 Å². The van der Waals surface area contributed by atoms with Crippen molar-refractivity contribution in [3.05, 3.63) is 27.9 Å². The van der Waals surface area contributed by atoms with Gasteiger partial charge in [-0.25, -0.2) is 4.98 Å². The summed E-state index contributed by atoms with van der Waals surface area (Å²) in [7, 11) is 1.49. The molecule has 0 saturated carbocycles. The van der Waals surface area contributed by atoms with Crippen LogP contribution in [0.2, 0.25) is 0 Å². The molecule has 1 saturated heterocycles. The average Bonchev–Trinajstić information content (AvgIpc) is 3.30. The van der Waals surface area contributed by atoms with E-state index >= 15 is 0 Å². The molecule has 1 aliphatic rings. The number of aromatic nitrogens is 2. The number of ether oxygens (including phenoxy) is 1. The van der Waals surface area contributed by atoms with Crippen LogP contribution in [0.3, 0.4) is 0 Å². The minimum atomic E-state index is -0.243. The number of hydrogen-bond acceptors (Lipinski definition) is 7. The van der Waals surface area contributed by atoms with Crippen LogP contribution in [0.5, 0.6) is 5.88 Å². The van der Waals surface area contributed by atoms with E-state index in [1.807, 2.05) is 0 Å². The summed E-state index contributed by atoms with van der Waals surface area (Å²) < 4.78 is 9.86. The van der Waals surface area contributed by atoms with Gasteiger partial charge in [-0.15, -0.1) is 11.3 Å². The quantitative estimate of drug-likeness (QED) is 0.812. The summed E-state index contributed by atoms with van der Waals surface area (Å²) in [4.78, 5) is 19.1. The van der Waals surface area contributed by atoms with Crippen molar-refractivity contribution in [2.24, 2.45) is 5.92 Å². The highest BCUT2D eigenvalue weighted by atomic mass is 32.1. The van der Waals surface area contributed by atoms with Crippen LogP contribution in [-0.2, 0) is 13.0 Å². The first-order chi connectivity index (χ1) is 12.2. The lowest BCUT2D eigenvalue weighted by Gasteiger charge is -2.31. The minimum absolute atomic E-state index is 0.185. The van der Waals surface area contributed by atoms with E-state index in [2.05, 4.69) is 32.7 Å². The fourth-order valence-electron chi connectivity index (χ4n) is 2.95. The maximum absolute atomic E-state index is 12.0. The van der Waals surface area contributed by atoms with Crippen molar-refractivity contribution in [2.75, 3.05) is 26.7 Å². The Labute approximate surface area is 151 Å². The second-order valence-corrected chi connectivity index (χ2v) is 7.19. The van der Waals surface area contributed by atoms with Crippen LogP contribution in [0, 0.1) is 5.92 Å². The van der Waals surface area contributed by atoms with Crippen LogP contribution in [0.1, 0.15) is 41.0 Å². The molecule has 2 aromatic heterocycles. The van der Waals surface area contributed by atoms with Crippen molar-refractivity contribution >= 4 is 17.2 Å². The van der Waals surface area contributed by atoms with Crippen molar-refractivity contribution in [1.82, 2.24) is 20.4 Å². The molecule has 0 atom stereocenters. The SMILES string of the molecule is CCc1nc(CN2CCC(CNC(=O)c3cc(OC)no3)CC2)cs1. The number of thiazole rings is 1. The van der Waals surface area contributed by atoms with Gasteiger partial charge >= 0.3 is 0 Å². The largest absolute Gasteiger partial charge is 0.479 e. The van der Waals surface area contributed by atoms with E-state index in [1.165, 1.54) is 23.9 Å². The van der Waals surface area contributed by atoms with Gasteiger partial charge in [0.25, 0.3) is 11.8 Å². The number of piperidine rings is 1. The van der Waals surface area contributed by atoms with Crippen molar-refractivity contribution in [3.63, 3.8) is 0 Å². The summed E-state index contributed by atoms with van der Waals surface area (Å²) in [6.07, 6.45) is 3.15. The molecule has 0 aliphatic carbocycles. The van der Waals surface area contributed by atoms with Gasteiger partial charge in [-0.3, -0.25) is 9.69 Å². The van der Waals surface area contributed by atoms with Gasteiger partial charge in [0.15, 0.2) is 0 Å². The van der Waals surface area contributed by atoms with Crippen molar-refractivity contribution in [1.29, 1.82) is 0 Å². The Kier molecular flexibility index (Phi) is 6.04. The highest BCUT2D eigenvalue weighted by Gasteiger charge is 2.21. The number of methoxy groups -OCH3 is 1. The number of hydrogen-bond donors (Lipinski definition) is 1. The van der Waals surface area contributed by atoms with E-state index in [4.69, 9.17) is 9.26 Å². The van der Waals surface area contributed by atoms with Crippen molar-refractivity contribution in [2.45, 2.75) is 32.7 Å². The number of likely N-dealkylation sites (tertiary alicyclic amines) is 1. The zero-order valence-electron chi connectivity index (χ0n) is 14.7. The molecule has 0 radical (unpaired) electrons. The molecule has 1 aliphatic heterocycles. The Morgan fingerprint density at radius 2 is 2.28 bits per heavy atom. The average molecular weight is 364 g/mol. The van der Waals surface area contributed by atoms with Gasteiger partial charge in [-0.05, 0) is 43.4 Å². The molecule has 0 unspecified atom stereocenters. The molecular weight excluding hydrogens is 340 g/mol. The molecule has 0 aromatic carbocycles. The Bertz CT molecular complexity index is 692. The number of aryl methyl sites for hydroxylation is 1. The Hall–Kier alpha value is -1.93. The smallest absolute Gasteiger partial charge is 0.290 e. The number of nitrogens with one attached hydrogen (secondary N) is 1. The maximum atomic E-state index is 12.0. The van der Waals surface area contributed by atoms with Gasteiger partial charge in [-0.1, -0.05) is 6.92 Å². The Morgan fingerprint density at radius 3 is 2.92 bits per heavy atom. The van der Waals surface area contributed by atoms with Crippen LogP contribution in [0.4, 0.5) is 0 Å². The summed E-state index contributed by atoms with van der Waals surface area (Å²) in [5.41, 5.74) is 1.17. The number of amides is 1. The Balaban J connectivity index is 1.39. The molecule has 3 heterocycles. The summed E-state index contributed by atoms with van der Waals surface area (Å²) >= 11 is 1.74. The molecule has 1 amide bonds. The van der Waals surface area contributed by atoms with Crippen molar-refractivity contribution < 1.29 is 14.1 Å². The van der Waals surface area contributed by atoms with E-state index in [1.54, 1.807) is 11.3 Å². The third kappa shape index (κ3) is 4.79. The van der Waals surface area contributed by atoms with E-state index in [0.29, 0.717) is 18.3 Å². The molecule has 2 aromatic rings. The molecular formula is C17H24N4O3S. The first kappa shape index (κ1) is 17.9. The molecule has 8 heteroatoms. The van der Waals surface area contributed by atoms with Gasteiger partial charge in [0.05, 0.1) is 23.9 Å². The molecule has 0 bridgehead atoms. The molecule has 25 heavy (non-hydrogen) atoms. The lowest BCUT2D eigenvalue weighted by molar-refractivity contribution is 0.0898. The zero-order valence-corrected chi connectivity index (χ0v) is 15.5. The van der Waals surface area contributed by atoms with Gasteiger partial charge in [0.2, 0.25) is 5.76 Å². The van der Waals surface area contributed by atoms with E-state index in [-0.39, 0.29) is 11.7 Å². The number of carbonyl (C=O) groups excluding carboxylic acids is 1. The topological polar surface area (TPSA) is 80.5 Å². The second-order valence-electron chi connectivity index (χ2n) is 6.25. The van der Waals surface area contributed by atoms with Gasteiger partial charge in [0.1, 0.15) is 0 Å². The summed E-state index contributed by atoms with van der Waals surface area (Å²) in [5, 5.41) is 9.93. The summed E-state index contributed by atoms with van der Waals surface area (Å²) in [6, 6.07) is 1.50. The molecule has 136 valence electrons. The number of carbonyl (C=O) groups is 1. The predicted molar refractivity (Wildman–Crippen MR) is 94.9 cm³/mol. The van der Waals surface area contributed by atoms with Gasteiger partial charge in [-0.2, -0.15) is 0 Å². The standard InChI is InChI=1S/C17H24N4O3S/c1-3-16-19-13(11-25-16)10-21-6-4-12(5-7-21)9-18-17(22)14-8-15(23-2)20-24-14/h8,11-12H,3-7,9-10H2,1-2H3,(H,18,22). The Morgan fingerprint density at radius 1 is 1.48 bits per heavy atom. The molecule has 0 spiro atoms. The van der Waals surface area contributed by atoms with Crippen molar-refractivity contribution in [3.8, 4) is 5.88 Å². The maximum Gasteiger partial charge on any atom is 0.290 e. The fraction of sp³-hybridized carbons (Fsp3) is 0.588. The lowest BCUT2D eigenvalue weighted by Crippen LogP contribution is -2.38. The highest BCUT2D eigenvalue weighted by Crippen LogP contribution is 2.20. The van der Waals surface area contributed by atoms with Crippen LogP contribution in [0.25, 0.3) is 0 Å². The predicted octanol–water partition coefficient (Wildman–Crippen LogP) is 2.34. The first-order valence-electron chi connectivity index (χ1n) is 8.62. The van der Waals surface area contributed by atoms with Crippen LogP contribution >= 0.6 is 11.3 Å². The first-order valence-corrected chi connectivity index (χ1v) is 9.50. The lowest BCUT2D eigenvalue weighted by atomic mass is 9.96. The summed E-state index contributed by atoms with van der Waals surface area (Å²) in [6.45, 7) is 5.79. The summed E-state index contributed by atoms with van der Waals surface area (Å²) in [5.74, 6) is 0.746. The molecule has 1 fully saturated rings. The fourth-order valence-corrected chi connectivity index (χ4v) is 3.68. The zero-order chi connectivity index (χ0) is 17.6. The number of nitrogens with zero attached hydrogens (tertiary/aromatic N) is 3. The number of rotatable bonds is 7. The second kappa shape index (κ2) is 8.44. The normalized spacial score (nSPS) is 16.1. The third-order valence-corrected chi connectivity index (χ3v) is 5.51. The molecule has 1 N–H and O–H groups in total. The van der Waals surface area contributed by atoms with Crippen LogP contribution in [0.15, 0.2) is 16.0 Å². The van der Waals surface area contributed by atoms with E-state index < -0.39 is 0 Å². The minimum Gasteiger partial charge on any atom is -0.479 e. The van der Waals surface area contributed by atoms with E-state index in [9.17, 15) is 4.79 Å². The van der Waals surface area contributed by atoms with Crippen LogP contribution < -0.4 is 10.1 Å². The highest BCUT2D eigenvalue weighted by molar-refractivity contribution is 7.09. The third-order valence-electron chi connectivity index (χ3n) is 4.47.